The van der Waals surface area contributed by atoms with Crippen LogP contribution in [0, 0.1) is 11.5 Å². The predicted octanol–water partition coefficient (Wildman–Crippen LogP) is 7.94. The van der Waals surface area contributed by atoms with Gasteiger partial charge in [-0.1, -0.05) is 146 Å². The molecule has 282 valence electrons. The molecule has 0 amide bonds. The van der Waals surface area contributed by atoms with Gasteiger partial charge in [0.15, 0.2) is 0 Å². The zero-order chi connectivity index (χ0) is 38.5. The third-order valence-electron chi connectivity index (χ3n) is 10.2. The minimum atomic E-state index is -1.20. The van der Waals surface area contributed by atoms with E-state index in [9.17, 15) is 15.5 Å². The Labute approximate surface area is 329 Å². The van der Waals surface area contributed by atoms with E-state index in [-0.39, 0.29) is 0 Å². The molecule has 0 spiro atoms. The summed E-state index contributed by atoms with van der Waals surface area (Å²) in [4.78, 5) is 8.51. The Kier molecular flexibility index (Phi) is 12.7. The smallest absolute Gasteiger partial charge is 0.213 e. The van der Waals surface area contributed by atoms with Gasteiger partial charge in [0, 0.05) is 13.1 Å². The van der Waals surface area contributed by atoms with Crippen LogP contribution in [0.3, 0.4) is 0 Å². The van der Waals surface area contributed by atoms with Crippen molar-refractivity contribution in [1.29, 1.82) is 5.26 Å². The Bertz CT molecular complexity index is 2050. The van der Waals surface area contributed by atoms with E-state index < -0.39 is 24.3 Å². The van der Waals surface area contributed by atoms with E-state index in [1.165, 1.54) is 0 Å². The lowest BCUT2D eigenvalue weighted by molar-refractivity contribution is -0.0408. The van der Waals surface area contributed by atoms with Gasteiger partial charge in [0.25, 0.3) is 0 Å². The molecule has 0 aromatic heterocycles. The van der Waals surface area contributed by atoms with Gasteiger partial charge in [-0.2, -0.15) is 5.26 Å². The van der Waals surface area contributed by atoms with Crippen LogP contribution >= 0.6 is 0 Å². The van der Waals surface area contributed by atoms with Crippen LogP contribution in [-0.2, 0) is 39.1 Å². The molecule has 1 fully saturated rings. The number of benzene rings is 6. The maximum Gasteiger partial charge on any atom is 0.213 e. The standard InChI is InChI=1S/C48H46N4O4/c49-35-50-48-51(31-40-23-13-25-42(27-40)55-33-38-19-9-3-10-20-38)44(29-36-15-5-1-6-16-36)46(53)47(54)45(30-37-17-7-2-8-18-37)52(48)32-41-24-14-26-43(28-41)56-34-39-21-11-4-12-22-39/h1-28,44-47,53-54H,29-34H2/t44-,45-,46+,47+/m1/s1. The van der Waals surface area contributed by atoms with Gasteiger partial charge in [0.1, 0.15) is 36.9 Å². The first kappa shape index (κ1) is 37.9. The minimum absolute atomic E-state index is 0.291. The van der Waals surface area contributed by atoms with Gasteiger partial charge in [0.05, 0.1) is 12.1 Å². The SMILES string of the molecule is N#CN=C1N(Cc2cccc(OCc3ccccc3)c2)[C@H](Cc2ccccc2)[C@H](O)[C@@H](O)[C@@H](Cc2ccccc2)N1Cc1cccc(OCc2ccccc2)c1. The Hall–Kier alpha value is -6.40. The van der Waals surface area contributed by atoms with Crippen LogP contribution in [0.1, 0.15) is 33.4 Å². The van der Waals surface area contributed by atoms with Crippen molar-refractivity contribution in [2.45, 2.75) is 63.4 Å². The monoisotopic (exact) mass is 742 g/mol. The van der Waals surface area contributed by atoms with E-state index in [2.05, 4.69) is 11.2 Å². The molecule has 2 N–H and O–H groups in total. The first-order valence-electron chi connectivity index (χ1n) is 19.0. The third-order valence-corrected chi connectivity index (χ3v) is 10.2. The molecule has 0 unspecified atom stereocenters. The number of hydrogen-bond acceptors (Lipinski definition) is 6. The molecule has 1 saturated heterocycles. The fourth-order valence-corrected chi connectivity index (χ4v) is 7.35. The molecule has 56 heavy (non-hydrogen) atoms. The molecule has 0 aliphatic carbocycles. The molecule has 0 radical (unpaired) electrons. The number of hydrogen-bond donors (Lipinski definition) is 2. The summed E-state index contributed by atoms with van der Waals surface area (Å²) in [5, 5.41) is 35.0. The maximum absolute atomic E-state index is 12.3. The van der Waals surface area contributed by atoms with Crippen molar-refractivity contribution < 1.29 is 19.7 Å². The lowest BCUT2D eigenvalue weighted by Crippen LogP contribution is -2.51. The number of aliphatic hydroxyl groups excluding tert-OH is 2. The van der Waals surface area contributed by atoms with E-state index in [0.717, 1.165) is 33.4 Å². The maximum atomic E-state index is 12.3. The summed E-state index contributed by atoms with van der Waals surface area (Å²) < 4.78 is 12.4. The Balaban J connectivity index is 1.27. The topological polar surface area (TPSA) is 102 Å². The van der Waals surface area contributed by atoms with Crippen LogP contribution in [0.15, 0.2) is 175 Å². The molecule has 8 heteroatoms. The number of aliphatic imine (C=N–C) groups is 1. The van der Waals surface area contributed by atoms with Gasteiger partial charge in [-0.25, -0.2) is 0 Å². The summed E-state index contributed by atoms with van der Waals surface area (Å²) >= 11 is 0. The Morgan fingerprint density at radius 1 is 0.482 bits per heavy atom. The molecular weight excluding hydrogens is 697 g/mol. The summed E-state index contributed by atoms with van der Waals surface area (Å²) in [6, 6.07) is 54.3. The summed E-state index contributed by atoms with van der Waals surface area (Å²) in [5.74, 6) is 1.77. The zero-order valence-electron chi connectivity index (χ0n) is 31.2. The lowest BCUT2D eigenvalue weighted by Gasteiger charge is -2.38. The van der Waals surface area contributed by atoms with E-state index in [0.29, 0.717) is 56.6 Å². The van der Waals surface area contributed by atoms with Gasteiger partial charge in [-0.3, -0.25) is 0 Å². The highest BCUT2D eigenvalue weighted by molar-refractivity contribution is 5.82. The number of aliphatic hydroxyl groups is 2. The molecule has 0 bridgehead atoms. The van der Waals surface area contributed by atoms with Crippen LogP contribution < -0.4 is 9.47 Å². The first-order valence-corrected chi connectivity index (χ1v) is 19.0. The highest BCUT2D eigenvalue weighted by Gasteiger charge is 2.45. The van der Waals surface area contributed by atoms with Crippen molar-refractivity contribution in [3.05, 3.63) is 203 Å². The quantitative estimate of drug-likeness (QED) is 0.109. The highest BCUT2D eigenvalue weighted by Crippen LogP contribution is 2.31. The van der Waals surface area contributed by atoms with Crippen molar-refractivity contribution in [2.75, 3.05) is 0 Å². The van der Waals surface area contributed by atoms with Crippen LogP contribution in [0.25, 0.3) is 0 Å². The van der Waals surface area contributed by atoms with E-state index in [4.69, 9.17) is 9.47 Å². The second kappa shape index (κ2) is 18.8. The number of nitriles is 1. The second-order valence-corrected chi connectivity index (χ2v) is 14.1. The van der Waals surface area contributed by atoms with Gasteiger partial charge in [0.2, 0.25) is 12.2 Å². The highest BCUT2D eigenvalue weighted by atomic mass is 16.5. The number of rotatable bonds is 14. The van der Waals surface area contributed by atoms with E-state index >= 15 is 0 Å². The van der Waals surface area contributed by atoms with Gasteiger partial charge in [-0.15, -0.1) is 4.99 Å². The zero-order valence-corrected chi connectivity index (χ0v) is 31.2. The van der Waals surface area contributed by atoms with Crippen molar-refractivity contribution in [3.8, 4) is 17.7 Å². The predicted molar refractivity (Wildman–Crippen MR) is 218 cm³/mol. The number of ether oxygens (including phenoxy) is 2. The molecule has 1 aliphatic heterocycles. The van der Waals surface area contributed by atoms with E-state index in [1.807, 2.05) is 180 Å². The van der Waals surface area contributed by atoms with Gasteiger partial charge < -0.3 is 29.5 Å². The third kappa shape index (κ3) is 9.82. The van der Waals surface area contributed by atoms with Crippen LogP contribution in [0.2, 0.25) is 0 Å². The van der Waals surface area contributed by atoms with Crippen molar-refractivity contribution in [2.24, 2.45) is 4.99 Å². The number of guanidine groups is 1. The molecule has 4 atom stereocenters. The van der Waals surface area contributed by atoms with Crippen molar-refractivity contribution in [1.82, 2.24) is 9.80 Å². The summed E-state index contributed by atoms with van der Waals surface area (Å²) in [7, 11) is 0. The molecule has 0 saturated carbocycles. The van der Waals surface area contributed by atoms with Crippen LogP contribution in [-0.4, -0.2) is 50.3 Å². The normalized spacial score (nSPS) is 18.1. The average Bonchev–Trinajstić information content (AvgIpc) is 3.31. The van der Waals surface area contributed by atoms with Crippen molar-refractivity contribution >= 4 is 5.96 Å². The summed E-state index contributed by atoms with van der Waals surface area (Å²) in [6.45, 7) is 1.41. The fourth-order valence-electron chi connectivity index (χ4n) is 7.35. The lowest BCUT2D eigenvalue weighted by atomic mass is 9.91. The van der Waals surface area contributed by atoms with Crippen molar-refractivity contribution in [3.63, 3.8) is 0 Å². The van der Waals surface area contributed by atoms with Gasteiger partial charge >= 0.3 is 0 Å². The molecular formula is C48H46N4O4. The molecule has 6 aromatic rings. The Morgan fingerprint density at radius 2 is 0.839 bits per heavy atom. The minimum Gasteiger partial charge on any atom is -0.489 e. The first-order chi connectivity index (χ1) is 27.5. The molecule has 8 nitrogen and oxygen atoms in total. The summed E-state index contributed by atoms with van der Waals surface area (Å²) in [5.41, 5.74) is 5.90. The molecule has 1 heterocycles. The largest absolute Gasteiger partial charge is 0.489 e. The van der Waals surface area contributed by atoms with Crippen LogP contribution in [0.4, 0.5) is 0 Å². The molecule has 7 rings (SSSR count). The fraction of sp³-hybridized carbons (Fsp3) is 0.208. The Morgan fingerprint density at radius 3 is 1.21 bits per heavy atom. The molecule has 1 aliphatic rings. The summed E-state index contributed by atoms with van der Waals surface area (Å²) in [6.07, 6.45) is 0.501. The molecule has 6 aromatic carbocycles. The van der Waals surface area contributed by atoms with Crippen LogP contribution in [0.5, 0.6) is 11.5 Å². The van der Waals surface area contributed by atoms with Gasteiger partial charge in [-0.05, 0) is 70.5 Å². The second-order valence-electron chi connectivity index (χ2n) is 14.1. The number of nitrogens with zero attached hydrogens (tertiary/aromatic N) is 4. The average molecular weight is 743 g/mol. The van der Waals surface area contributed by atoms with E-state index in [1.54, 1.807) is 0 Å².